The fourth-order valence-electron chi connectivity index (χ4n) is 4.11. The summed E-state index contributed by atoms with van der Waals surface area (Å²) in [7, 11) is 3.06. The van der Waals surface area contributed by atoms with E-state index in [0.717, 1.165) is 46.5 Å². The van der Waals surface area contributed by atoms with Crippen molar-refractivity contribution < 1.29 is 4.39 Å². The van der Waals surface area contributed by atoms with Crippen LogP contribution in [0, 0.1) is 5.82 Å². The van der Waals surface area contributed by atoms with Crippen LogP contribution in [-0.2, 0) is 33.5 Å². The highest BCUT2D eigenvalue weighted by molar-refractivity contribution is 5.70. The van der Waals surface area contributed by atoms with Crippen LogP contribution >= 0.6 is 0 Å². The predicted octanol–water partition coefficient (Wildman–Crippen LogP) is 1.30. The average molecular weight is 394 g/mol. The van der Waals surface area contributed by atoms with Crippen molar-refractivity contribution >= 4 is 11.2 Å². The predicted molar refractivity (Wildman–Crippen MR) is 105 cm³/mol. The standard InChI is InChI=1S/C20H19FN6O2/c1-24-18-17(19(28)25(2)20(24)29)26(11-22-18)10-15-14-4-3-5-16(14)27(23-15)13-8-6-12(21)7-9-13/h6-9,11H,3-5,10H2,1-2H3. The van der Waals surface area contributed by atoms with Crippen molar-refractivity contribution in [2.75, 3.05) is 0 Å². The van der Waals surface area contributed by atoms with Crippen molar-refractivity contribution in [1.82, 2.24) is 28.5 Å². The Kier molecular flexibility index (Phi) is 3.80. The second-order valence-electron chi connectivity index (χ2n) is 7.36. The molecule has 0 saturated carbocycles. The maximum Gasteiger partial charge on any atom is 0.332 e. The van der Waals surface area contributed by atoms with Gasteiger partial charge in [-0.1, -0.05) is 0 Å². The van der Waals surface area contributed by atoms with Crippen LogP contribution in [0.15, 0.2) is 40.2 Å². The molecule has 0 radical (unpaired) electrons. The average Bonchev–Trinajstić information content (AvgIpc) is 3.42. The van der Waals surface area contributed by atoms with Crippen LogP contribution in [0.1, 0.15) is 23.4 Å². The summed E-state index contributed by atoms with van der Waals surface area (Å²) in [5, 5.41) is 4.77. The molecule has 0 spiro atoms. The second-order valence-corrected chi connectivity index (χ2v) is 7.36. The number of imidazole rings is 1. The van der Waals surface area contributed by atoms with E-state index in [2.05, 4.69) is 4.98 Å². The first-order chi connectivity index (χ1) is 14.0. The molecule has 9 heteroatoms. The van der Waals surface area contributed by atoms with E-state index in [1.807, 2.05) is 4.68 Å². The number of nitrogens with zero attached hydrogens (tertiary/aromatic N) is 6. The van der Waals surface area contributed by atoms with Gasteiger partial charge in [0.25, 0.3) is 5.56 Å². The third-order valence-corrected chi connectivity index (χ3v) is 5.62. The second kappa shape index (κ2) is 6.26. The van der Waals surface area contributed by atoms with Crippen molar-refractivity contribution in [3.63, 3.8) is 0 Å². The molecule has 1 aliphatic rings. The first-order valence-corrected chi connectivity index (χ1v) is 9.42. The molecule has 4 aromatic rings. The fraction of sp³-hybridized carbons (Fsp3) is 0.300. The number of hydrogen-bond acceptors (Lipinski definition) is 4. The number of fused-ring (bicyclic) bond motifs is 2. The van der Waals surface area contributed by atoms with Gasteiger partial charge in [0.2, 0.25) is 0 Å². The third-order valence-electron chi connectivity index (χ3n) is 5.62. The SMILES string of the molecule is Cn1c(=O)c2c(ncn2Cc2nn(-c3ccc(F)cc3)c3c2CCC3)n(C)c1=O. The Bertz CT molecular complexity index is 1370. The van der Waals surface area contributed by atoms with Gasteiger partial charge in [0.05, 0.1) is 24.3 Å². The number of hydrogen-bond donors (Lipinski definition) is 0. The smallest absolute Gasteiger partial charge is 0.319 e. The van der Waals surface area contributed by atoms with Crippen molar-refractivity contribution in [3.8, 4) is 5.69 Å². The number of aryl methyl sites for hydroxylation is 1. The molecule has 1 aliphatic carbocycles. The zero-order chi connectivity index (χ0) is 20.3. The fourth-order valence-corrected chi connectivity index (χ4v) is 4.11. The van der Waals surface area contributed by atoms with Gasteiger partial charge in [-0.15, -0.1) is 0 Å². The molecular formula is C20H19FN6O2. The van der Waals surface area contributed by atoms with Gasteiger partial charge in [-0.05, 0) is 49.1 Å². The van der Waals surface area contributed by atoms with E-state index in [4.69, 9.17) is 5.10 Å². The van der Waals surface area contributed by atoms with Gasteiger partial charge in [0.1, 0.15) is 5.82 Å². The molecule has 0 bridgehead atoms. The molecule has 0 aliphatic heterocycles. The van der Waals surface area contributed by atoms with Crippen LogP contribution in [-0.4, -0.2) is 28.5 Å². The van der Waals surface area contributed by atoms with E-state index in [9.17, 15) is 14.0 Å². The quantitative estimate of drug-likeness (QED) is 0.525. The monoisotopic (exact) mass is 394 g/mol. The summed E-state index contributed by atoms with van der Waals surface area (Å²) in [4.78, 5) is 29.1. The van der Waals surface area contributed by atoms with E-state index in [0.29, 0.717) is 17.7 Å². The van der Waals surface area contributed by atoms with Crippen molar-refractivity contribution in [2.24, 2.45) is 14.1 Å². The van der Waals surface area contributed by atoms with Crippen LogP contribution in [0.2, 0.25) is 0 Å². The summed E-state index contributed by atoms with van der Waals surface area (Å²) in [5.41, 5.74) is 3.89. The lowest BCUT2D eigenvalue weighted by Crippen LogP contribution is -2.37. The molecule has 0 N–H and O–H groups in total. The number of aromatic nitrogens is 6. The van der Waals surface area contributed by atoms with Crippen molar-refractivity contribution in [1.29, 1.82) is 0 Å². The van der Waals surface area contributed by atoms with Crippen molar-refractivity contribution in [2.45, 2.75) is 25.8 Å². The minimum Gasteiger partial charge on any atom is -0.319 e. The first kappa shape index (κ1) is 17.6. The molecular weight excluding hydrogens is 375 g/mol. The van der Waals surface area contributed by atoms with Gasteiger partial charge in [-0.2, -0.15) is 5.10 Å². The summed E-state index contributed by atoms with van der Waals surface area (Å²) in [5.74, 6) is -0.288. The Labute approximate surface area is 164 Å². The summed E-state index contributed by atoms with van der Waals surface area (Å²) in [6, 6.07) is 6.27. The number of benzene rings is 1. The van der Waals surface area contributed by atoms with Crippen LogP contribution in [0.25, 0.3) is 16.9 Å². The highest BCUT2D eigenvalue weighted by atomic mass is 19.1. The Morgan fingerprint density at radius 1 is 1.07 bits per heavy atom. The lowest BCUT2D eigenvalue weighted by atomic mass is 10.2. The Morgan fingerprint density at radius 3 is 2.59 bits per heavy atom. The van der Waals surface area contributed by atoms with E-state index in [1.54, 1.807) is 30.1 Å². The number of rotatable bonds is 3. The van der Waals surface area contributed by atoms with Gasteiger partial charge in [-0.3, -0.25) is 13.9 Å². The van der Waals surface area contributed by atoms with Crippen LogP contribution in [0.3, 0.4) is 0 Å². The van der Waals surface area contributed by atoms with Gasteiger partial charge >= 0.3 is 5.69 Å². The van der Waals surface area contributed by atoms with Crippen molar-refractivity contribution in [3.05, 3.63) is 74.2 Å². The largest absolute Gasteiger partial charge is 0.332 e. The molecule has 0 fully saturated rings. The molecule has 29 heavy (non-hydrogen) atoms. The summed E-state index contributed by atoms with van der Waals surface area (Å²) in [6.45, 7) is 0.375. The van der Waals surface area contributed by atoms with Gasteiger partial charge in [0.15, 0.2) is 11.2 Å². The van der Waals surface area contributed by atoms with E-state index in [-0.39, 0.29) is 11.4 Å². The minimum absolute atomic E-state index is 0.288. The summed E-state index contributed by atoms with van der Waals surface area (Å²) in [6.07, 6.45) is 4.42. The van der Waals surface area contributed by atoms with Crippen LogP contribution in [0.5, 0.6) is 0 Å². The maximum atomic E-state index is 13.3. The van der Waals surface area contributed by atoms with E-state index < -0.39 is 5.69 Å². The van der Waals surface area contributed by atoms with Gasteiger partial charge in [0, 0.05) is 19.8 Å². The summed E-state index contributed by atoms with van der Waals surface area (Å²) < 4.78 is 19.4. The van der Waals surface area contributed by atoms with E-state index >= 15 is 0 Å². The molecule has 3 aromatic heterocycles. The molecule has 0 atom stereocenters. The molecule has 0 amide bonds. The highest BCUT2D eigenvalue weighted by Gasteiger charge is 2.24. The molecule has 8 nitrogen and oxygen atoms in total. The minimum atomic E-state index is -0.408. The van der Waals surface area contributed by atoms with Gasteiger partial charge in [-0.25, -0.2) is 18.9 Å². The molecule has 3 heterocycles. The first-order valence-electron chi connectivity index (χ1n) is 9.42. The highest BCUT2D eigenvalue weighted by Crippen LogP contribution is 2.28. The van der Waals surface area contributed by atoms with Crippen LogP contribution < -0.4 is 11.2 Å². The Balaban J connectivity index is 1.64. The normalized spacial score (nSPS) is 13.3. The third kappa shape index (κ3) is 2.57. The Hall–Kier alpha value is -3.49. The molecule has 0 unspecified atom stereocenters. The lowest BCUT2D eigenvalue weighted by Gasteiger charge is -2.07. The van der Waals surface area contributed by atoms with E-state index in [1.165, 1.54) is 23.7 Å². The Morgan fingerprint density at radius 2 is 1.83 bits per heavy atom. The number of halogens is 1. The molecule has 1 aromatic carbocycles. The molecule has 148 valence electrons. The van der Waals surface area contributed by atoms with Crippen LogP contribution in [0.4, 0.5) is 4.39 Å². The molecule has 5 rings (SSSR count). The molecule has 0 saturated heterocycles. The lowest BCUT2D eigenvalue weighted by molar-refractivity contribution is 0.626. The maximum absolute atomic E-state index is 13.3. The zero-order valence-electron chi connectivity index (χ0n) is 16.1. The topological polar surface area (TPSA) is 79.6 Å². The van der Waals surface area contributed by atoms with Gasteiger partial charge < -0.3 is 4.57 Å². The zero-order valence-corrected chi connectivity index (χ0v) is 16.1. The summed E-state index contributed by atoms with van der Waals surface area (Å²) >= 11 is 0.